The highest BCUT2D eigenvalue weighted by atomic mass is 35.5. The number of nitrogens with zero attached hydrogens (tertiary/aromatic N) is 2. The number of fused-ring (bicyclic) bond motifs is 3. The molecule has 6 rings (SSSR count). The summed E-state index contributed by atoms with van der Waals surface area (Å²) < 4.78 is 0. The van der Waals surface area contributed by atoms with Crippen LogP contribution in [0.25, 0.3) is 33.0 Å². The van der Waals surface area contributed by atoms with E-state index in [1.807, 2.05) is 12.1 Å². The number of rotatable bonds is 6. The van der Waals surface area contributed by atoms with Crippen molar-refractivity contribution < 1.29 is 9.59 Å². The Morgan fingerprint density at radius 3 is 1.87 bits per heavy atom. The summed E-state index contributed by atoms with van der Waals surface area (Å²) in [5.41, 5.74) is 6.19. The van der Waals surface area contributed by atoms with Gasteiger partial charge in [0.05, 0.1) is 13.1 Å². The molecule has 2 fully saturated rings. The second-order valence-corrected chi connectivity index (χ2v) is 11.4. The quantitative estimate of drug-likeness (QED) is 0.238. The first kappa shape index (κ1) is 28.8. The zero-order valence-electron chi connectivity index (χ0n) is 22.4. The molecular formula is C32H38Cl2N2O2. The lowest BCUT2D eigenvalue weighted by atomic mass is 9.95. The van der Waals surface area contributed by atoms with Gasteiger partial charge in [0, 0.05) is 11.1 Å². The van der Waals surface area contributed by atoms with Crippen LogP contribution < -0.4 is 0 Å². The fourth-order valence-electron chi connectivity index (χ4n) is 6.30. The van der Waals surface area contributed by atoms with E-state index in [2.05, 4.69) is 60.0 Å². The summed E-state index contributed by atoms with van der Waals surface area (Å²) in [6.45, 7) is 9.62. The van der Waals surface area contributed by atoms with Crippen LogP contribution in [0.15, 0.2) is 48.5 Å². The van der Waals surface area contributed by atoms with Crippen molar-refractivity contribution in [1.82, 2.24) is 9.80 Å². The topological polar surface area (TPSA) is 40.6 Å². The molecule has 3 aromatic carbocycles. The summed E-state index contributed by atoms with van der Waals surface area (Å²) in [7, 11) is 0. The Bertz CT molecular complexity index is 1340. The van der Waals surface area contributed by atoms with Gasteiger partial charge >= 0.3 is 0 Å². The standard InChI is InChI=1S/C32H36N2O2.2ClH/c1-21-10-14-33(15-11-21)19-30(35)23-6-7-24-26-4-3-5-27-25(8-9-28(32(26)27)29(24)18-23)31(36)20-34-16-12-22(2)13-17-34;;/h3-9,18,21-22H,10-17,19-20H2,1-2H3;2*1H. The molecule has 0 N–H and O–H groups in total. The molecule has 6 heteroatoms. The Labute approximate surface area is 238 Å². The Kier molecular flexibility index (Phi) is 8.99. The molecule has 2 saturated heterocycles. The number of carbonyl (C=O) groups excluding carboxylic acids is 2. The van der Waals surface area contributed by atoms with Crippen LogP contribution in [0.5, 0.6) is 0 Å². The van der Waals surface area contributed by atoms with Gasteiger partial charge in [0.25, 0.3) is 0 Å². The maximum Gasteiger partial charge on any atom is 0.177 e. The lowest BCUT2D eigenvalue weighted by Gasteiger charge is -2.29. The van der Waals surface area contributed by atoms with Crippen LogP contribution in [0, 0.1) is 11.8 Å². The molecule has 0 bridgehead atoms. The minimum atomic E-state index is 0. The second kappa shape index (κ2) is 11.9. The first-order chi connectivity index (χ1) is 17.5. The zero-order chi connectivity index (χ0) is 24.8. The minimum absolute atomic E-state index is 0. The summed E-state index contributed by atoms with van der Waals surface area (Å²) in [4.78, 5) is 31.2. The van der Waals surface area contributed by atoms with Gasteiger partial charge < -0.3 is 0 Å². The van der Waals surface area contributed by atoms with Gasteiger partial charge in [-0.15, -0.1) is 24.8 Å². The Hall–Kier alpha value is -2.24. The van der Waals surface area contributed by atoms with Crippen LogP contribution in [0.2, 0.25) is 0 Å². The number of hydrogen-bond acceptors (Lipinski definition) is 4. The van der Waals surface area contributed by atoms with Gasteiger partial charge in [-0.3, -0.25) is 19.4 Å². The third kappa shape index (κ3) is 5.42. The highest BCUT2D eigenvalue weighted by Gasteiger charge is 2.27. The lowest BCUT2D eigenvalue weighted by Crippen LogP contribution is -2.36. The molecule has 2 heterocycles. The molecule has 0 radical (unpaired) electrons. The van der Waals surface area contributed by atoms with Gasteiger partial charge in [-0.25, -0.2) is 0 Å². The summed E-state index contributed by atoms with van der Waals surface area (Å²) in [6, 6.07) is 16.6. The predicted octanol–water partition coefficient (Wildman–Crippen LogP) is 7.16. The molecule has 0 saturated carbocycles. The number of carbonyl (C=O) groups is 2. The van der Waals surface area contributed by atoms with Crippen LogP contribution in [0.1, 0.15) is 60.2 Å². The number of likely N-dealkylation sites (tertiary alicyclic amines) is 2. The normalized spacial score (nSPS) is 18.1. The van der Waals surface area contributed by atoms with E-state index >= 15 is 0 Å². The molecular weight excluding hydrogens is 515 g/mol. The summed E-state index contributed by atoms with van der Waals surface area (Å²) >= 11 is 0. The zero-order valence-corrected chi connectivity index (χ0v) is 24.0. The molecule has 2 aliphatic heterocycles. The van der Waals surface area contributed by atoms with Gasteiger partial charge in [0.2, 0.25) is 0 Å². The van der Waals surface area contributed by atoms with E-state index in [4.69, 9.17) is 0 Å². The molecule has 0 atom stereocenters. The van der Waals surface area contributed by atoms with Crippen LogP contribution in [-0.2, 0) is 0 Å². The molecule has 0 aromatic heterocycles. The number of Topliss-reactive ketones (excluding diaryl/α,β-unsaturated/α-hetero) is 2. The van der Waals surface area contributed by atoms with Crippen molar-refractivity contribution >= 4 is 47.2 Å². The van der Waals surface area contributed by atoms with E-state index in [0.717, 1.165) is 76.6 Å². The van der Waals surface area contributed by atoms with Crippen molar-refractivity contribution in [2.75, 3.05) is 39.3 Å². The van der Waals surface area contributed by atoms with E-state index < -0.39 is 0 Å². The monoisotopic (exact) mass is 552 g/mol. The molecule has 4 nitrogen and oxygen atoms in total. The van der Waals surface area contributed by atoms with Crippen molar-refractivity contribution in [2.45, 2.75) is 39.5 Å². The SMILES string of the molecule is CC1CCN(CC(=O)c2ccc3c(c2)-c2ccc(C(=O)CN4CCC(C)CC4)c4cccc-3c24)CC1.Cl.Cl. The molecule has 202 valence electrons. The number of ketones is 2. The first-order valence-corrected chi connectivity index (χ1v) is 13.7. The van der Waals surface area contributed by atoms with Gasteiger partial charge in [-0.05, 0) is 103 Å². The average molecular weight is 554 g/mol. The van der Waals surface area contributed by atoms with E-state index in [9.17, 15) is 9.59 Å². The number of hydrogen-bond donors (Lipinski definition) is 0. The maximum absolute atomic E-state index is 13.4. The van der Waals surface area contributed by atoms with Gasteiger partial charge in [-0.2, -0.15) is 0 Å². The number of halogens is 2. The van der Waals surface area contributed by atoms with Crippen LogP contribution in [0.4, 0.5) is 0 Å². The summed E-state index contributed by atoms with van der Waals surface area (Å²) in [5.74, 6) is 1.92. The third-order valence-corrected chi connectivity index (χ3v) is 8.75. The fourth-order valence-corrected chi connectivity index (χ4v) is 6.30. The lowest BCUT2D eigenvalue weighted by molar-refractivity contribution is 0.0893. The summed E-state index contributed by atoms with van der Waals surface area (Å²) in [6.07, 6.45) is 4.69. The minimum Gasteiger partial charge on any atom is -0.296 e. The Morgan fingerprint density at radius 1 is 0.684 bits per heavy atom. The average Bonchev–Trinajstić information content (AvgIpc) is 3.21. The van der Waals surface area contributed by atoms with Crippen molar-refractivity contribution in [3.63, 3.8) is 0 Å². The fraction of sp³-hybridized carbons (Fsp3) is 0.438. The van der Waals surface area contributed by atoms with E-state index in [1.165, 1.54) is 31.2 Å². The van der Waals surface area contributed by atoms with Crippen molar-refractivity contribution in [2.24, 2.45) is 11.8 Å². The van der Waals surface area contributed by atoms with Crippen LogP contribution in [-0.4, -0.2) is 60.6 Å². The van der Waals surface area contributed by atoms with E-state index in [-0.39, 0.29) is 36.4 Å². The largest absolute Gasteiger partial charge is 0.296 e. The molecule has 0 spiro atoms. The molecule has 0 unspecified atom stereocenters. The molecule has 3 aliphatic rings. The van der Waals surface area contributed by atoms with Crippen molar-refractivity contribution in [3.8, 4) is 22.3 Å². The molecule has 0 amide bonds. The third-order valence-electron chi connectivity index (χ3n) is 8.75. The van der Waals surface area contributed by atoms with E-state index in [0.29, 0.717) is 13.1 Å². The van der Waals surface area contributed by atoms with Crippen LogP contribution in [0.3, 0.4) is 0 Å². The Balaban J connectivity index is 0.00000168. The first-order valence-electron chi connectivity index (χ1n) is 13.7. The summed E-state index contributed by atoms with van der Waals surface area (Å²) in [5, 5.41) is 2.19. The number of piperidine rings is 2. The predicted molar refractivity (Wildman–Crippen MR) is 161 cm³/mol. The van der Waals surface area contributed by atoms with Crippen LogP contribution >= 0.6 is 24.8 Å². The van der Waals surface area contributed by atoms with Crippen molar-refractivity contribution in [1.29, 1.82) is 0 Å². The number of benzene rings is 3. The van der Waals surface area contributed by atoms with Gasteiger partial charge in [0.15, 0.2) is 11.6 Å². The van der Waals surface area contributed by atoms with Gasteiger partial charge in [-0.1, -0.05) is 56.3 Å². The van der Waals surface area contributed by atoms with Gasteiger partial charge in [0.1, 0.15) is 0 Å². The van der Waals surface area contributed by atoms with E-state index in [1.54, 1.807) is 0 Å². The Morgan fingerprint density at radius 2 is 1.24 bits per heavy atom. The molecule has 1 aliphatic carbocycles. The maximum atomic E-state index is 13.4. The molecule has 38 heavy (non-hydrogen) atoms. The highest BCUT2D eigenvalue weighted by Crippen LogP contribution is 2.48. The van der Waals surface area contributed by atoms with Crippen molar-refractivity contribution in [3.05, 3.63) is 59.7 Å². The molecule has 3 aromatic rings. The smallest absolute Gasteiger partial charge is 0.177 e. The highest BCUT2D eigenvalue weighted by molar-refractivity contribution is 6.21. The second-order valence-electron chi connectivity index (χ2n) is 11.4.